The molecule has 0 radical (unpaired) electrons. The molecule has 3 nitrogen and oxygen atoms in total. The smallest absolute Gasteiger partial charge is 0.240 e. The Morgan fingerprint density at radius 1 is 1.43 bits per heavy atom. The summed E-state index contributed by atoms with van der Waals surface area (Å²) >= 11 is 2.81. The summed E-state index contributed by atoms with van der Waals surface area (Å²) in [4.78, 5) is 2.98. The largest absolute Gasteiger partial charge is 0.280 e. The van der Waals surface area contributed by atoms with Gasteiger partial charge in [0.05, 0.1) is 4.90 Å². The van der Waals surface area contributed by atoms with Gasteiger partial charge in [0.15, 0.2) is 0 Å². The minimum absolute atomic E-state index is 0.00507. The van der Waals surface area contributed by atoms with E-state index in [1.165, 1.54) is 0 Å². The summed E-state index contributed by atoms with van der Waals surface area (Å²) in [5.74, 6) is 0. The number of hydrogen-bond acceptors (Lipinski definition) is 3. The number of pyridine rings is 1. The van der Waals surface area contributed by atoms with E-state index in [9.17, 15) is 17.2 Å². The van der Waals surface area contributed by atoms with Gasteiger partial charge in [-0.2, -0.15) is 0 Å². The molecule has 1 rings (SSSR count). The Balaban J connectivity index is 3.35. The molecule has 0 saturated carbocycles. The quantitative estimate of drug-likeness (QED) is 0.623. The lowest BCUT2D eigenvalue weighted by Crippen LogP contribution is -1.97. The van der Waals surface area contributed by atoms with Crippen molar-refractivity contribution in [2.24, 2.45) is 0 Å². The highest BCUT2D eigenvalue weighted by molar-refractivity contribution is 9.10. The fourth-order valence-electron chi connectivity index (χ4n) is 0.745. The van der Waals surface area contributed by atoms with Gasteiger partial charge in [-0.05, 0) is 28.1 Å². The van der Waals surface area contributed by atoms with Crippen LogP contribution in [0.25, 0.3) is 0 Å². The zero-order valence-electron chi connectivity index (χ0n) is 6.42. The molecule has 0 spiro atoms. The Morgan fingerprint density at radius 3 is 2.43 bits per heavy atom. The van der Waals surface area contributed by atoms with Crippen molar-refractivity contribution in [2.45, 2.75) is 11.3 Å². The SMILES string of the molecule is O=S(=O)(Cl)c1cc(Br)nc(C(F)F)c1. The van der Waals surface area contributed by atoms with Crippen LogP contribution in [0.3, 0.4) is 0 Å². The molecule has 78 valence electrons. The predicted octanol–water partition coefficient (Wildman–Crippen LogP) is 2.71. The van der Waals surface area contributed by atoms with E-state index in [0.717, 1.165) is 12.1 Å². The van der Waals surface area contributed by atoms with Crippen LogP contribution >= 0.6 is 26.6 Å². The second kappa shape index (κ2) is 4.08. The van der Waals surface area contributed by atoms with Gasteiger partial charge >= 0.3 is 0 Å². The van der Waals surface area contributed by atoms with Crippen LogP contribution in [0.2, 0.25) is 0 Å². The first-order valence-electron chi connectivity index (χ1n) is 3.21. The Hall–Kier alpha value is -0.270. The third-order valence-corrected chi connectivity index (χ3v) is 3.03. The number of aromatic nitrogens is 1. The fourth-order valence-corrected chi connectivity index (χ4v) is 2.13. The summed E-state index contributed by atoms with van der Waals surface area (Å²) in [7, 11) is 0.973. The molecule has 0 atom stereocenters. The highest BCUT2D eigenvalue weighted by Gasteiger charge is 2.17. The maximum absolute atomic E-state index is 12.2. The highest BCUT2D eigenvalue weighted by Crippen LogP contribution is 2.24. The Kier molecular flexibility index (Phi) is 3.44. The van der Waals surface area contributed by atoms with Gasteiger partial charge in [0, 0.05) is 10.7 Å². The minimum Gasteiger partial charge on any atom is -0.240 e. The van der Waals surface area contributed by atoms with Crippen LogP contribution < -0.4 is 0 Å². The molecule has 0 aliphatic heterocycles. The third-order valence-electron chi connectivity index (χ3n) is 1.29. The molecule has 1 aromatic rings. The van der Waals surface area contributed by atoms with Crippen LogP contribution in [-0.2, 0) is 9.05 Å². The maximum atomic E-state index is 12.2. The molecular weight excluding hydrogens is 303 g/mol. The molecule has 14 heavy (non-hydrogen) atoms. The number of hydrogen-bond donors (Lipinski definition) is 0. The number of rotatable bonds is 2. The monoisotopic (exact) mass is 305 g/mol. The van der Waals surface area contributed by atoms with Crippen LogP contribution in [0.5, 0.6) is 0 Å². The summed E-state index contributed by atoms with van der Waals surface area (Å²) in [5.41, 5.74) is -0.640. The average Bonchev–Trinajstić information content (AvgIpc) is 2.01. The molecule has 0 bridgehead atoms. The Labute approximate surface area is 91.6 Å². The second-order valence-corrected chi connectivity index (χ2v) is 5.67. The summed E-state index contributed by atoms with van der Waals surface area (Å²) in [6, 6.07) is 1.78. The molecule has 1 aromatic heterocycles. The van der Waals surface area contributed by atoms with E-state index in [-0.39, 0.29) is 4.60 Å². The van der Waals surface area contributed by atoms with Gasteiger partial charge in [-0.1, -0.05) is 0 Å². The molecule has 0 amide bonds. The molecule has 0 N–H and O–H groups in total. The van der Waals surface area contributed by atoms with Gasteiger partial charge in [0.25, 0.3) is 15.5 Å². The molecule has 0 unspecified atom stereocenters. The lowest BCUT2D eigenvalue weighted by Gasteiger charge is -2.02. The summed E-state index contributed by atoms with van der Waals surface area (Å²) in [5, 5.41) is 0. The lowest BCUT2D eigenvalue weighted by molar-refractivity contribution is 0.145. The normalized spacial score (nSPS) is 12.1. The number of halogens is 4. The van der Waals surface area contributed by atoms with Crippen molar-refractivity contribution < 1.29 is 17.2 Å². The van der Waals surface area contributed by atoms with Crippen LogP contribution in [-0.4, -0.2) is 13.4 Å². The molecular formula is C6H3BrClF2NO2S. The molecule has 0 saturated heterocycles. The molecule has 8 heteroatoms. The van der Waals surface area contributed by atoms with E-state index in [2.05, 4.69) is 20.9 Å². The van der Waals surface area contributed by atoms with E-state index in [4.69, 9.17) is 10.7 Å². The van der Waals surface area contributed by atoms with Crippen LogP contribution in [0.4, 0.5) is 8.78 Å². The zero-order valence-corrected chi connectivity index (χ0v) is 9.57. The lowest BCUT2D eigenvalue weighted by atomic mass is 10.4. The second-order valence-electron chi connectivity index (χ2n) is 2.29. The molecule has 0 fully saturated rings. The topological polar surface area (TPSA) is 47.0 Å². The standard InChI is InChI=1S/C6H3BrClF2NO2S/c7-5-2-3(14(8,12)13)1-4(11-5)6(9)10/h1-2,6H. The Bertz CT molecular complexity index is 451. The molecule has 0 aliphatic rings. The first kappa shape index (κ1) is 11.8. The van der Waals surface area contributed by atoms with Crippen LogP contribution in [0.15, 0.2) is 21.6 Å². The molecule has 1 heterocycles. The van der Waals surface area contributed by atoms with Crippen molar-refractivity contribution in [3.63, 3.8) is 0 Å². The van der Waals surface area contributed by atoms with Crippen molar-refractivity contribution in [1.82, 2.24) is 4.98 Å². The fraction of sp³-hybridized carbons (Fsp3) is 0.167. The first-order chi connectivity index (χ1) is 6.30. The highest BCUT2D eigenvalue weighted by atomic mass is 79.9. The first-order valence-corrected chi connectivity index (χ1v) is 6.31. The number of nitrogens with zero attached hydrogens (tertiary/aromatic N) is 1. The molecule has 0 aromatic carbocycles. The van der Waals surface area contributed by atoms with E-state index in [0.29, 0.717) is 0 Å². The van der Waals surface area contributed by atoms with Gasteiger partial charge in [-0.25, -0.2) is 22.2 Å². The van der Waals surface area contributed by atoms with Gasteiger partial charge in [-0.15, -0.1) is 0 Å². The van der Waals surface area contributed by atoms with Crippen molar-refractivity contribution in [3.05, 3.63) is 22.4 Å². The van der Waals surface area contributed by atoms with Gasteiger partial charge in [0.1, 0.15) is 10.3 Å². The summed E-state index contributed by atoms with van der Waals surface area (Å²) in [6.45, 7) is 0. The summed E-state index contributed by atoms with van der Waals surface area (Å²) < 4.78 is 46.0. The zero-order chi connectivity index (χ0) is 10.9. The average molecular weight is 307 g/mol. The maximum Gasteiger partial charge on any atom is 0.280 e. The summed E-state index contributed by atoms with van der Waals surface area (Å²) in [6.07, 6.45) is -2.84. The third kappa shape index (κ3) is 2.86. The van der Waals surface area contributed by atoms with Gasteiger partial charge in [0.2, 0.25) is 0 Å². The van der Waals surface area contributed by atoms with Crippen molar-refractivity contribution in [1.29, 1.82) is 0 Å². The van der Waals surface area contributed by atoms with Gasteiger partial charge in [-0.3, -0.25) is 0 Å². The van der Waals surface area contributed by atoms with Crippen molar-refractivity contribution in [3.8, 4) is 0 Å². The van der Waals surface area contributed by atoms with Crippen molar-refractivity contribution >= 4 is 35.7 Å². The van der Waals surface area contributed by atoms with Gasteiger partial charge < -0.3 is 0 Å². The minimum atomic E-state index is -4.01. The van der Waals surface area contributed by atoms with E-state index >= 15 is 0 Å². The van der Waals surface area contributed by atoms with Crippen LogP contribution in [0, 0.1) is 0 Å². The van der Waals surface area contributed by atoms with E-state index in [1.807, 2.05) is 0 Å². The predicted molar refractivity (Wildman–Crippen MR) is 49.9 cm³/mol. The van der Waals surface area contributed by atoms with E-state index < -0.39 is 26.1 Å². The van der Waals surface area contributed by atoms with Crippen LogP contribution in [0.1, 0.15) is 12.1 Å². The Morgan fingerprint density at radius 2 is 2.00 bits per heavy atom. The number of alkyl halides is 2. The molecule has 0 aliphatic carbocycles. The van der Waals surface area contributed by atoms with E-state index in [1.54, 1.807) is 0 Å². The van der Waals surface area contributed by atoms with Crippen molar-refractivity contribution in [2.75, 3.05) is 0 Å².